The molecule has 0 aliphatic carbocycles. The summed E-state index contributed by atoms with van der Waals surface area (Å²) in [4.78, 5) is 6.85. The average molecular weight is 375 g/mol. The molecule has 1 aromatic carbocycles. The molecule has 1 N–H and O–H groups in total. The summed E-state index contributed by atoms with van der Waals surface area (Å²) in [7, 11) is 0. The van der Waals surface area contributed by atoms with E-state index in [0.29, 0.717) is 30.1 Å². The maximum Gasteiger partial charge on any atom is 0.241 e. The van der Waals surface area contributed by atoms with E-state index < -0.39 is 0 Å². The minimum absolute atomic E-state index is 0. The molecule has 2 aromatic heterocycles. The van der Waals surface area contributed by atoms with Gasteiger partial charge in [-0.2, -0.15) is 4.98 Å². The lowest BCUT2D eigenvalue weighted by Crippen LogP contribution is -2.45. The van der Waals surface area contributed by atoms with Crippen LogP contribution in [-0.2, 0) is 13.0 Å². The van der Waals surface area contributed by atoms with Crippen molar-refractivity contribution in [3.63, 3.8) is 0 Å². The Bertz CT molecular complexity index is 801. The Kier molecular flexibility index (Phi) is 6.08. The van der Waals surface area contributed by atoms with Crippen molar-refractivity contribution in [2.24, 2.45) is 0 Å². The molecule has 1 unspecified atom stereocenters. The smallest absolute Gasteiger partial charge is 0.241 e. The van der Waals surface area contributed by atoms with Gasteiger partial charge in [0.05, 0.1) is 12.8 Å². The van der Waals surface area contributed by atoms with Crippen LogP contribution in [0.25, 0.3) is 11.6 Å². The first-order chi connectivity index (χ1) is 12.3. The van der Waals surface area contributed by atoms with Crippen LogP contribution in [0.5, 0.6) is 0 Å². The number of nitrogens with one attached hydrogen (secondary N) is 1. The standard InChI is InChI=1S/C19H22N4O2.ClH/c1-2-14-5-7-15(8-6-14)16-12-20-9-10-23(16)13-18-21-19(22-25-18)17-4-3-11-24-17;/h3-8,11,16,20H,2,9-10,12-13H2,1H3;1H. The quantitative estimate of drug-likeness (QED) is 0.737. The molecule has 1 atom stereocenters. The molecule has 4 rings (SSSR count). The summed E-state index contributed by atoms with van der Waals surface area (Å²) < 4.78 is 10.8. The minimum Gasteiger partial charge on any atom is -0.461 e. The zero-order chi connectivity index (χ0) is 17.1. The first-order valence-corrected chi connectivity index (χ1v) is 8.73. The average Bonchev–Trinajstić information content (AvgIpc) is 3.34. The monoisotopic (exact) mass is 374 g/mol. The van der Waals surface area contributed by atoms with Crippen molar-refractivity contribution in [1.82, 2.24) is 20.4 Å². The topological polar surface area (TPSA) is 67.3 Å². The van der Waals surface area contributed by atoms with Gasteiger partial charge >= 0.3 is 0 Å². The summed E-state index contributed by atoms with van der Waals surface area (Å²) in [5, 5.41) is 7.50. The SMILES string of the molecule is CCc1ccc(C2CNCCN2Cc2nc(-c3ccco3)no2)cc1.Cl. The van der Waals surface area contributed by atoms with E-state index in [4.69, 9.17) is 8.94 Å². The molecular formula is C19H23ClN4O2. The van der Waals surface area contributed by atoms with Crippen molar-refractivity contribution in [2.75, 3.05) is 19.6 Å². The van der Waals surface area contributed by atoms with Crippen molar-refractivity contribution in [3.8, 4) is 11.6 Å². The Hall–Kier alpha value is -2.15. The van der Waals surface area contributed by atoms with E-state index in [1.165, 1.54) is 11.1 Å². The van der Waals surface area contributed by atoms with E-state index in [1.807, 2.05) is 12.1 Å². The highest BCUT2D eigenvalue weighted by molar-refractivity contribution is 5.85. The number of piperazine rings is 1. The van der Waals surface area contributed by atoms with Crippen LogP contribution in [0.15, 0.2) is 51.6 Å². The van der Waals surface area contributed by atoms with Gasteiger partial charge in [0, 0.05) is 25.7 Å². The zero-order valence-electron chi connectivity index (χ0n) is 14.7. The first-order valence-electron chi connectivity index (χ1n) is 8.73. The maximum absolute atomic E-state index is 5.43. The van der Waals surface area contributed by atoms with Gasteiger partial charge in [0.25, 0.3) is 0 Å². The Balaban J connectivity index is 0.00000196. The minimum atomic E-state index is 0. The number of aryl methyl sites for hydroxylation is 1. The van der Waals surface area contributed by atoms with Crippen LogP contribution in [0.2, 0.25) is 0 Å². The molecule has 3 aromatic rings. The fourth-order valence-electron chi connectivity index (χ4n) is 3.24. The van der Waals surface area contributed by atoms with Gasteiger partial charge in [0.1, 0.15) is 0 Å². The van der Waals surface area contributed by atoms with Crippen LogP contribution in [0.4, 0.5) is 0 Å². The molecule has 0 saturated carbocycles. The lowest BCUT2D eigenvalue weighted by molar-refractivity contribution is 0.135. The molecule has 0 radical (unpaired) electrons. The Labute approximate surface area is 159 Å². The number of aromatic nitrogens is 2. The summed E-state index contributed by atoms with van der Waals surface area (Å²) in [5.41, 5.74) is 2.68. The molecule has 0 amide bonds. The largest absolute Gasteiger partial charge is 0.461 e. The molecular weight excluding hydrogens is 352 g/mol. The van der Waals surface area contributed by atoms with Crippen LogP contribution in [-0.4, -0.2) is 34.7 Å². The lowest BCUT2D eigenvalue weighted by atomic mass is 10.0. The fourth-order valence-corrected chi connectivity index (χ4v) is 3.24. The van der Waals surface area contributed by atoms with E-state index in [1.54, 1.807) is 6.26 Å². The predicted molar refractivity (Wildman–Crippen MR) is 101 cm³/mol. The molecule has 1 fully saturated rings. The Morgan fingerprint density at radius 2 is 2.08 bits per heavy atom. The van der Waals surface area contributed by atoms with Crippen molar-refractivity contribution in [3.05, 3.63) is 59.7 Å². The Morgan fingerprint density at radius 3 is 2.81 bits per heavy atom. The maximum atomic E-state index is 5.43. The van der Waals surface area contributed by atoms with Crippen LogP contribution in [0.1, 0.15) is 30.0 Å². The fraction of sp³-hybridized carbons (Fsp3) is 0.368. The van der Waals surface area contributed by atoms with Crippen molar-refractivity contribution in [1.29, 1.82) is 0 Å². The highest BCUT2D eigenvalue weighted by Gasteiger charge is 2.25. The van der Waals surface area contributed by atoms with Gasteiger partial charge in [-0.1, -0.05) is 36.3 Å². The first kappa shape index (κ1) is 18.6. The molecule has 26 heavy (non-hydrogen) atoms. The number of halogens is 1. The van der Waals surface area contributed by atoms with Gasteiger partial charge in [-0.15, -0.1) is 12.4 Å². The summed E-state index contributed by atoms with van der Waals surface area (Å²) in [6, 6.07) is 12.8. The van der Waals surface area contributed by atoms with Gasteiger partial charge in [-0.3, -0.25) is 4.90 Å². The third kappa shape index (κ3) is 3.98. The van der Waals surface area contributed by atoms with Gasteiger partial charge < -0.3 is 14.3 Å². The van der Waals surface area contributed by atoms with Crippen LogP contribution >= 0.6 is 12.4 Å². The normalized spacial score (nSPS) is 17.8. The van der Waals surface area contributed by atoms with Crippen molar-refractivity contribution >= 4 is 12.4 Å². The number of hydrogen-bond acceptors (Lipinski definition) is 6. The Morgan fingerprint density at radius 1 is 1.23 bits per heavy atom. The second-order valence-corrected chi connectivity index (χ2v) is 6.27. The number of furan rings is 1. The highest BCUT2D eigenvalue weighted by atomic mass is 35.5. The zero-order valence-corrected chi connectivity index (χ0v) is 15.5. The van der Waals surface area contributed by atoms with Crippen molar-refractivity contribution < 1.29 is 8.94 Å². The predicted octanol–water partition coefficient (Wildman–Crippen LogP) is 3.46. The van der Waals surface area contributed by atoms with E-state index in [0.717, 1.165) is 26.1 Å². The number of benzene rings is 1. The summed E-state index contributed by atoms with van der Waals surface area (Å²) in [6.45, 7) is 5.64. The van der Waals surface area contributed by atoms with Gasteiger partial charge in [0.2, 0.25) is 11.7 Å². The van der Waals surface area contributed by atoms with E-state index in [9.17, 15) is 0 Å². The second-order valence-electron chi connectivity index (χ2n) is 6.27. The molecule has 0 spiro atoms. The van der Waals surface area contributed by atoms with Crippen molar-refractivity contribution in [2.45, 2.75) is 25.9 Å². The lowest BCUT2D eigenvalue weighted by Gasteiger charge is -2.35. The summed E-state index contributed by atoms with van der Waals surface area (Å²) in [5.74, 6) is 1.74. The van der Waals surface area contributed by atoms with E-state index in [-0.39, 0.29) is 12.4 Å². The summed E-state index contributed by atoms with van der Waals surface area (Å²) >= 11 is 0. The molecule has 1 aliphatic heterocycles. The summed E-state index contributed by atoms with van der Waals surface area (Å²) in [6.07, 6.45) is 2.67. The molecule has 7 heteroatoms. The molecule has 6 nitrogen and oxygen atoms in total. The van der Waals surface area contributed by atoms with Crippen LogP contribution < -0.4 is 5.32 Å². The molecule has 3 heterocycles. The van der Waals surface area contributed by atoms with E-state index >= 15 is 0 Å². The van der Waals surface area contributed by atoms with Gasteiger partial charge in [-0.25, -0.2) is 0 Å². The number of rotatable bonds is 5. The molecule has 1 saturated heterocycles. The van der Waals surface area contributed by atoms with Gasteiger partial charge in [-0.05, 0) is 29.7 Å². The van der Waals surface area contributed by atoms with Crippen LogP contribution in [0, 0.1) is 0 Å². The number of hydrogen-bond donors (Lipinski definition) is 1. The van der Waals surface area contributed by atoms with E-state index in [2.05, 4.69) is 51.5 Å². The van der Waals surface area contributed by atoms with Crippen LogP contribution in [0.3, 0.4) is 0 Å². The number of nitrogens with zero attached hydrogens (tertiary/aromatic N) is 3. The van der Waals surface area contributed by atoms with Gasteiger partial charge in [0.15, 0.2) is 5.76 Å². The molecule has 138 valence electrons. The third-order valence-corrected chi connectivity index (χ3v) is 4.67. The molecule has 0 bridgehead atoms. The highest BCUT2D eigenvalue weighted by Crippen LogP contribution is 2.25. The third-order valence-electron chi connectivity index (χ3n) is 4.67. The molecule has 1 aliphatic rings. The second kappa shape index (κ2) is 8.49.